The monoisotopic (exact) mass is 272 g/mol. The van der Waals surface area contributed by atoms with Crippen molar-refractivity contribution in [3.63, 3.8) is 0 Å². The average Bonchev–Trinajstić information content (AvgIpc) is 3.18. The average molecular weight is 272 g/mol. The Balaban J connectivity index is 1.68. The molecule has 2 aliphatic rings. The Bertz CT molecular complexity index is 472. The van der Waals surface area contributed by atoms with Gasteiger partial charge in [0.25, 0.3) is 0 Å². The van der Waals surface area contributed by atoms with Gasteiger partial charge in [-0.05, 0) is 29.9 Å². The van der Waals surface area contributed by atoms with E-state index >= 15 is 0 Å². The summed E-state index contributed by atoms with van der Waals surface area (Å²) in [5.41, 5.74) is 2.61. The highest BCUT2D eigenvalue weighted by atomic mass is 16.2. The second kappa shape index (κ2) is 5.57. The molecule has 108 valence electrons. The molecule has 0 aromatic heterocycles. The van der Waals surface area contributed by atoms with E-state index < -0.39 is 0 Å². The van der Waals surface area contributed by atoms with E-state index in [4.69, 9.17) is 0 Å². The fraction of sp³-hybridized carbons (Fsp3) is 0.588. The summed E-state index contributed by atoms with van der Waals surface area (Å²) in [7, 11) is 0. The molecule has 1 aliphatic heterocycles. The van der Waals surface area contributed by atoms with E-state index in [1.54, 1.807) is 0 Å². The van der Waals surface area contributed by atoms with E-state index in [2.05, 4.69) is 48.3 Å². The predicted octanol–water partition coefficient (Wildman–Crippen LogP) is 2.52. The molecular formula is C17H24N2O. The zero-order chi connectivity index (χ0) is 14.1. The largest absolute Gasteiger partial charge is 0.335 e. The molecule has 0 atom stereocenters. The minimum absolute atomic E-state index is 0.213. The Morgan fingerprint density at radius 2 is 1.90 bits per heavy atom. The third kappa shape index (κ3) is 2.88. The normalized spacial score (nSPS) is 18.9. The van der Waals surface area contributed by atoms with Gasteiger partial charge in [-0.25, -0.2) is 0 Å². The number of nitrogens with zero attached hydrogens (tertiary/aromatic N) is 1. The molecule has 20 heavy (non-hydrogen) atoms. The summed E-state index contributed by atoms with van der Waals surface area (Å²) in [6.07, 6.45) is 2.35. The second-order valence-electron chi connectivity index (χ2n) is 6.45. The lowest BCUT2D eigenvalue weighted by Gasteiger charge is -2.32. The SMILES string of the molecule is CC(C)c1ccc(CN(C(=O)C2CNC2)C2CC2)cc1. The van der Waals surface area contributed by atoms with Gasteiger partial charge < -0.3 is 10.2 Å². The van der Waals surface area contributed by atoms with Crippen LogP contribution >= 0.6 is 0 Å². The van der Waals surface area contributed by atoms with Gasteiger partial charge in [0.15, 0.2) is 0 Å². The summed E-state index contributed by atoms with van der Waals surface area (Å²) < 4.78 is 0. The zero-order valence-electron chi connectivity index (χ0n) is 12.4. The maximum absolute atomic E-state index is 12.5. The summed E-state index contributed by atoms with van der Waals surface area (Å²) in [5, 5.41) is 3.19. The lowest BCUT2D eigenvalue weighted by molar-refractivity contribution is -0.138. The third-order valence-corrected chi connectivity index (χ3v) is 4.40. The third-order valence-electron chi connectivity index (χ3n) is 4.40. The van der Waals surface area contributed by atoms with Crippen molar-refractivity contribution in [2.45, 2.75) is 45.2 Å². The van der Waals surface area contributed by atoms with Crippen LogP contribution in [0.25, 0.3) is 0 Å². The Morgan fingerprint density at radius 1 is 1.25 bits per heavy atom. The van der Waals surface area contributed by atoms with Crippen LogP contribution in [0.3, 0.4) is 0 Å². The second-order valence-corrected chi connectivity index (χ2v) is 6.45. The van der Waals surface area contributed by atoms with Crippen molar-refractivity contribution in [3.05, 3.63) is 35.4 Å². The van der Waals surface area contributed by atoms with Crippen molar-refractivity contribution >= 4 is 5.91 Å². The quantitative estimate of drug-likeness (QED) is 0.893. The standard InChI is InChI=1S/C17H24N2O/c1-12(2)14-5-3-13(4-6-14)11-19(16-7-8-16)17(20)15-9-18-10-15/h3-6,12,15-16,18H,7-11H2,1-2H3. The van der Waals surface area contributed by atoms with Crippen LogP contribution in [0, 0.1) is 5.92 Å². The number of amides is 1. The fourth-order valence-corrected chi connectivity index (χ4v) is 2.68. The Hall–Kier alpha value is -1.35. The maximum Gasteiger partial charge on any atom is 0.228 e. The van der Waals surface area contributed by atoms with Crippen molar-refractivity contribution in [1.29, 1.82) is 0 Å². The van der Waals surface area contributed by atoms with Crippen LogP contribution in [-0.2, 0) is 11.3 Å². The molecule has 2 fully saturated rings. The van der Waals surface area contributed by atoms with Gasteiger partial charge in [0, 0.05) is 25.7 Å². The predicted molar refractivity (Wildman–Crippen MR) is 80.5 cm³/mol. The van der Waals surface area contributed by atoms with Gasteiger partial charge in [0.1, 0.15) is 0 Å². The highest BCUT2D eigenvalue weighted by Gasteiger charge is 2.37. The molecule has 1 heterocycles. The molecule has 3 heteroatoms. The maximum atomic E-state index is 12.5. The van der Waals surface area contributed by atoms with Crippen LogP contribution in [0.15, 0.2) is 24.3 Å². The van der Waals surface area contributed by atoms with Gasteiger partial charge in [-0.15, -0.1) is 0 Å². The van der Waals surface area contributed by atoms with Crippen molar-refractivity contribution in [2.75, 3.05) is 13.1 Å². The Morgan fingerprint density at radius 3 is 2.35 bits per heavy atom. The molecule has 3 nitrogen and oxygen atoms in total. The van der Waals surface area contributed by atoms with Gasteiger partial charge in [-0.1, -0.05) is 38.1 Å². The number of hydrogen-bond acceptors (Lipinski definition) is 2. The van der Waals surface area contributed by atoms with Gasteiger partial charge in [0.05, 0.1) is 5.92 Å². The first-order chi connectivity index (χ1) is 9.65. The van der Waals surface area contributed by atoms with E-state index in [-0.39, 0.29) is 5.92 Å². The van der Waals surface area contributed by atoms with E-state index in [9.17, 15) is 4.79 Å². The molecule has 3 rings (SSSR count). The summed E-state index contributed by atoms with van der Waals surface area (Å²) in [4.78, 5) is 14.6. The summed E-state index contributed by atoms with van der Waals surface area (Å²) >= 11 is 0. The molecular weight excluding hydrogens is 248 g/mol. The minimum Gasteiger partial charge on any atom is -0.335 e. The topological polar surface area (TPSA) is 32.3 Å². The van der Waals surface area contributed by atoms with Gasteiger partial charge >= 0.3 is 0 Å². The highest BCUT2D eigenvalue weighted by molar-refractivity contribution is 5.80. The molecule has 1 aromatic rings. The number of carbonyl (C=O) groups excluding carboxylic acids is 1. The first kappa shape index (κ1) is 13.6. The number of hydrogen-bond donors (Lipinski definition) is 1. The van der Waals surface area contributed by atoms with Gasteiger partial charge in [-0.3, -0.25) is 4.79 Å². The smallest absolute Gasteiger partial charge is 0.228 e. The Kier molecular flexibility index (Phi) is 3.79. The van der Waals surface area contributed by atoms with Crippen LogP contribution in [0.2, 0.25) is 0 Å². The van der Waals surface area contributed by atoms with Crippen molar-refractivity contribution in [1.82, 2.24) is 10.2 Å². The van der Waals surface area contributed by atoms with Crippen molar-refractivity contribution < 1.29 is 4.79 Å². The highest BCUT2D eigenvalue weighted by Crippen LogP contribution is 2.30. The zero-order valence-corrected chi connectivity index (χ0v) is 12.4. The molecule has 1 amide bonds. The fourth-order valence-electron chi connectivity index (χ4n) is 2.68. The number of rotatable bonds is 5. The van der Waals surface area contributed by atoms with E-state index in [0.717, 1.165) is 19.6 Å². The van der Waals surface area contributed by atoms with Gasteiger partial charge in [-0.2, -0.15) is 0 Å². The number of nitrogens with one attached hydrogen (secondary N) is 1. The van der Waals surface area contributed by atoms with Crippen LogP contribution in [0.4, 0.5) is 0 Å². The molecule has 1 N–H and O–H groups in total. The number of carbonyl (C=O) groups is 1. The van der Waals surface area contributed by atoms with Crippen molar-refractivity contribution in [3.8, 4) is 0 Å². The van der Waals surface area contributed by atoms with E-state index in [1.807, 2.05) is 0 Å². The van der Waals surface area contributed by atoms with Crippen LogP contribution < -0.4 is 5.32 Å². The summed E-state index contributed by atoms with van der Waals surface area (Å²) in [5.74, 6) is 1.12. The van der Waals surface area contributed by atoms with Crippen LogP contribution in [0.1, 0.15) is 43.7 Å². The molecule has 0 unspecified atom stereocenters. The summed E-state index contributed by atoms with van der Waals surface area (Å²) in [6, 6.07) is 9.24. The van der Waals surface area contributed by atoms with Crippen LogP contribution in [-0.4, -0.2) is 29.9 Å². The molecule has 1 saturated carbocycles. The minimum atomic E-state index is 0.213. The van der Waals surface area contributed by atoms with E-state index in [0.29, 0.717) is 17.9 Å². The van der Waals surface area contributed by atoms with Gasteiger partial charge in [0.2, 0.25) is 5.91 Å². The molecule has 1 aliphatic carbocycles. The molecule has 1 saturated heterocycles. The Labute approximate surface area is 121 Å². The molecule has 0 spiro atoms. The first-order valence-corrected chi connectivity index (χ1v) is 7.75. The van der Waals surface area contributed by atoms with Crippen LogP contribution in [0.5, 0.6) is 0 Å². The number of benzene rings is 1. The molecule has 0 radical (unpaired) electrons. The van der Waals surface area contributed by atoms with E-state index in [1.165, 1.54) is 24.0 Å². The summed E-state index contributed by atoms with van der Waals surface area (Å²) in [6.45, 7) is 6.90. The first-order valence-electron chi connectivity index (χ1n) is 7.75. The molecule has 0 bridgehead atoms. The molecule has 1 aromatic carbocycles. The lowest BCUT2D eigenvalue weighted by atomic mass is 10.00. The van der Waals surface area contributed by atoms with Crippen molar-refractivity contribution in [2.24, 2.45) is 5.92 Å². The lowest BCUT2D eigenvalue weighted by Crippen LogP contribution is -2.52.